The third kappa shape index (κ3) is 12.9. The molecule has 0 aliphatic heterocycles. The van der Waals surface area contributed by atoms with Gasteiger partial charge in [-0.05, 0) is 76.5 Å². The second-order valence-corrected chi connectivity index (χ2v) is 10.6. The van der Waals surface area contributed by atoms with E-state index in [0.717, 1.165) is 82.9 Å². The quantitative estimate of drug-likeness (QED) is 0.204. The van der Waals surface area contributed by atoms with Gasteiger partial charge in [0.2, 0.25) is 5.91 Å². The van der Waals surface area contributed by atoms with Crippen LogP contribution in [0.4, 0.5) is 5.13 Å². The zero-order valence-electron chi connectivity index (χ0n) is 22.9. The lowest BCUT2D eigenvalue weighted by atomic mass is 9.79. The summed E-state index contributed by atoms with van der Waals surface area (Å²) in [5.74, 6) is 0.544. The Hall–Kier alpha value is -2.66. The number of nitrogens with one attached hydrogen (secondary N) is 1. The van der Waals surface area contributed by atoms with E-state index in [2.05, 4.69) is 97.1 Å². The summed E-state index contributed by atoms with van der Waals surface area (Å²) < 4.78 is 0. The molecule has 202 valence electrons. The lowest BCUT2D eigenvalue weighted by Gasteiger charge is -2.28. The molecule has 1 aliphatic rings. The number of thiazole rings is 1. The molecule has 2 rings (SSSR count). The number of carbonyl (C=O) groups excluding carboxylic acids is 1. The van der Waals surface area contributed by atoms with Crippen molar-refractivity contribution in [3.8, 4) is 0 Å². The number of hydrogen-bond acceptors (Lipinski definition) is 4. The molecule has 0 bridgehead atoms. The molecule has 1 aromatic rings. The molecular formula is C32H47N3OS. The average Bonchev–Trinajstić information content (AvgIpc) is 3.28. The van der Waals surface area contributed by atoms with Crippen LogP contribution in [-0.4, -0.2) is 17.4 Å². The first-order valence-corrected chi connectivity index (χ1v) is 14.9. The Kier molecular flexibility index (Phi) is 16.1. The highest BCUT2D eigenvalue weighted by molar-refractivity contribution is 7.15. The van der Waals surface area contributed by atoms with Crippen LogP contribution in [0.25, 0.3) is 0 Å². The number of nitrogens with zero attached hydrogens (tertiary/aromatic N) is 1. The van der Waals surface area contributed by atoms with E-state index >= 15 is 0 Å². The molecule has 5 heteroatoms. The number of carbonyl (C=O) groups is 1. The largest absolute Gasteiger partial charge is 0.375 e. The molecule has 1 heterocycles. The Labute approximate surface area is 229 Å². The maximum absolute atomic E-state index is 12.9. The van der Waals surface area contributed by atoms with E-state index in [-0.39, 0.29) is 11.8 Å². The molecule has 0 fully saturated rings. The minimum Gasteiger partial charge on any atom is -0.375 e. The Morgan fingerprint density at radius 1 is 0.919 bits per heavy atom. The Morgan fingerprint density at radius 2 is 1.46 bits per heavy atom. The van der Waals surface area contributed by atoms with Crippen molar-refractivity contribution in [3.05, 3.63) is 83.5 Å². The Bertz CT molecular complexity index is 951. The van der Waals surface area contributed by atoms with Crippen LogP contribution >= 0.6 is 11.3 Å². The van der Waals surface area contributed by atoms with Crippen LogP contribution in [0.5, 0.6) is 0 Å². The normalized spacial score (nSPS) is 17.3. The zero-order valence-corrected chi connectivity index (χ0v) is 23.7. The van der Waals surface area contributed by atoms with Gasteiger partial charge in [0.1, 0.15) is 0 Å². The van der Waals surface area contributed by atoms with Gasteiger partial charge < -0.3 is 11.1 Å². The van der Waals surface area contributed by atoms with Gasteiger partial charge in [-0.2, -0.15) is 0 Å². The summed E-state index contributed by atoms with van der Waals surface area (Å²) in [7, 11) is 0. The molecule has 0 saturated heterocycles. The summed E-state index contributed by atoms with van der Waals surface area (Å²) >= 11 is 1.59. The van der Waals surface area contributed by atoms with Crippen molar-refractivity contribution >= 4 is 22.4 Å². The van der Waals surface area contributed by atoms with Gasteiger partial charge in [0.25, 0.3) is 0 Å². The Balaban J connectivity index is 1.68. The van der Waals surface area contributed by atoms with Crippen molar-refractivity contribution < 1.29 is 4.79 Å². The standard InChI is InChI=1S/C32H47N3OS/c1-3-5-6-7-8-9-10-11-12-13-14-15-16-17-18-19-20-21-22-28(31(36)34-25-4-2)27-23-24-29-30(26-27)37-32(33)35-29/h5-6,8-9,11-12,14-15,17-18,20-21,27-28H,3-4,7,10,13,16,19,22-26H2,1-2H3,(H2,33,35)(H,34,36)/t27-,28?/m1/s1. The topological polar surface area (TPSA) is 68.0 Å². The van der Waals surface area contributed by atoms with Crippen molar-refractivity contribution in [2.24, 2.45) is 11.8 Å². The third-order valence-corrected chi connectivity index (χ3v) is 7.39. The van der Waals surface area contributed by atoms with Gasteiger partial charge in [-0.3, -0.25) is 4.79 Å². The highest BCUT2D eigenvalue weighted by Crippen LogP contribution is 2.35. The number of nitrogens with two attached hydrogens (primary N) is 1. The molecule has 0 saturated carbocycles. The SMILES string of the molecule is CCC=CCC=CCC=CCC=CCC=CCC=CCC(C(=O)NCCC)[C@@H]1CCc2nc(N)sc2C1. The molecule has 2 atom stereocenters. The second kappa shape index (κ2) is 19.5. The predicted molar refractivity (Wildman–Crippen MR) is 162 cm³/mol. The Morgan fingerprint density at radius 3 is 2.00 bits per heavy atom. The third-order valence-electron chi connectivity index (χ3n) is 6.44. The molecule has 0 aromatic carbocycles. The van der Waals surface area contributed by atoms with Gasteiger partial charge in [0.05, 0.1) is 5.69 Å². The number of nitrogen functional groups attached to an aromatic ring is 1. The predicted octanol–water partition coefficient (Wildman–Crippen LogP) is 8.06. The van der Waals surface area contributed by atoms with E-state index in [0.29, 0.717) is 11.0 Å². The van der Waals surface area contributed by atoms with Crippen molar-refractivity contribution in [2.45, 2.75) is 84.5 Å². The van der Waals surface area contributed by atoms with Gasteiger partial charge in [0.15, 0.2) is 5.13 Å². The number of fused-ring (bicyclic) bond motifs is 1. The van der Waals surface area contributed by atoms with Gasteiger partial charge in [0, 0.05) is 17.3 Å². The van der Waals surface area contributed by atoms with Crippen molar-refractivity contribution in [2.75, 3.05) is 12.3 Å². The van der Waals surface area contributed by atoms with Gasteiger partial charge in [-0.25, -0.2) is 4.98 Å². The molecule has 4 nitrogen and oxygen atoms in total. The van der Waals surface area contributed by atoms with Gasteiger partial charge in [-0.1, -0.05) is 86.8 Å². The van der Waals surface area contributed by atoms with E-state index in [1.54, 1.807) is 11.3 Å². The van der Waals surface area contributed by atoms with Crippen LogP contribution < -0.4 is 11.1 Å². The minimum absolute atomic E-state index is 0.00706. The lowest BCUT2D eigenvalue weighted by molar-refractivity contribution is -0.126. The zero-order chi connectivity index (χ0) is 26.6. The van der Waals surface area contributed by atoms with Crippen LogP contribution in [0.3, 0.4) is 0 Å². The number of anilines is 1. The highest BCUT2D eigenvalue weighted by atomic mass is 32.1. The number of rotatable bonds is 17. The number of aryl methyl sites for hydroxylation is 1. The highest BCUT2D eigenvalue weighted by Gasteiger charge is 2.31. The van der Waals surface area contributed by atoms with Crippen molar-refractivity contribution in [1.82, 2.24) is 10.3 Å². The molecule has 1 aliphatic carbocycles. The number of amides is 1. The fourth-order valence-electron chi connectivity index (χ4n) is 4.42. The summed E-state index contributed by atoms with van der Waals surface area (Å²) in [5.41, 5.74) is 7.05. The molecule has 1 amide bonds. The molecule has 1 aromatic heterocycles. The smallest absolute Gasteiger partial charge is 0.223 e. The van der Waals surface area contributed by atoms with Crippen LogP contribution in [0.2, 0.25) is 0 Å². The minimum atomic E-state index is 0.00706. The second-order valence-electron chi connectivity index (χ2n) is 9.47. The number of allylic oxidation sites excluding steroid dienone is 12. The first-order valence-electron chi connectivity index (χ1n) is 14.1. The van der Waals surface area contributed by atoms with Crippen molar-refractivity contribution in [1.29, 1.82) is 0 Å². The summed E-state index contributed by atoms with van der Waals surface area (Å²) in [6.07, 6.45) is 37.1. The molecule has 37 heavy (non-hydrogen) atoms. The van der Waals surface area contributed by atoms with Crippen molar-refractivity contribution in [3.63, 3.8) is 0 Å². The van der Waals surface area contributed by atoms with E-state index in [1.165, 1.54) is 4.88 Å². The molecule has 0 radical (unpaired) electrons. The maximum Gasteiger partial charge on any atom is 0.223 e. The molecule has 1 unspecified atom stereocenters. The van der Waals surface area contributed by atoms with Crippen LogP contribution in [0, 0.1) is 11.8 Å². The van der Waals surface area contributed by atoms with Crippen LogP contribution in [0.15, 0.2) is 72.9 Å². The summed E-state index contributed by atoms with van der Waals surface area (Å²) in [5, 5.41) is 3.77. The fraction of sp³-hybridized carbons (Fsp3) is 0.500. The maximum atomic E-state index is 12.9. The van der Waals surface area contributed by atoms with Crippen LogP contribution in [0.1, 0.15) is 82.2 Å². The van der Waals surface area contributed by atoms with Gasteiger partial charge >= 0.3 is 0 Å². The fourth-order valence-corrected chi connectivity index (χ4v) is 5.39. The number of aromatic nitrogens is 1. The summed E-state index contributed by atoms with van der Waals surface area (Å²) in [6, 6.07) is 0. The molecular weight excluding hydrogens is 474 g/mol. The molecule has 3 N–H and O–H groups in total. The molecule has 0 spiro atoms. The van der Waals surface area contributed by atoms with E-state index in [9.17, 15) is 4.79 Å². The van der Waals surface area contributed by atoms with Crippen LogP contribution in [-0.2, 0) is 17.6 Å². The average molecular weight is 522 g/mol. The summed E-state index contributed by atoms with van der Waals surface area (Å²) in [6.45, 7) is 4.99. The van der Waals surface area contributed by atoms with E-state index < -0.39 is 0 Å². The summed E-state index contributed by atoms with van der Waals surface area (Å²) in [4.78, 5) is 18.6. The van der Waals surface area contributed by atoms with E-state index in [1.807, 2.05) is 0 Å². The van der Waals surface area contributed by atoms with E-state index in [4.69, 9.17) is 5.73 Å². The first kappa shape index (κ1) is 30.6. The first-order chi connectivity index (χ1) is 18.2. The van der Waals surface area contributed by atoms with Gasteiger partial charge in [-0.15, -0.1) is 11.3 Å². The number of hydrogen-bond donors (Lipinski definition) is 2. The lowest BCUT2D eigenvalue weighted by Crippen LogP contribution is -2.37. The monoisotopic (exact) mass is 521 g/mol.